The molecule has 3 aromatic rings. The van der Waals surface area contributed by atoms with Crippen LogP contribution in [0.2, 0.25) is 0 Å². The molecule has 0 aliphatic carbocycles. The number of nitrogens with one attached hydrogen (secondary N) is 3. The Morgan fingerprint density at radius 2 is 1.38 bits per heavy atom. The van der Waals surface area contributed by atoms with Crippen molar-refractivity contribution in [1.29, 1.82) is 0 Å². The number of phenolic OH excluding ortho intramolecular Hbond substituents is 1. The minimum absolute atomic E-state index is 0.109. The number of phenols is 1. The summed E-state index contributed by atoms with van der Waals surface area (Å²) in [5, 5.41) is 18.4. The predicted octanol–water partition coefficient (Wildman–Crippen LogP) is 5.69. The van der Waals surface area contributed by atoms with Crippen molar-refractivity contribution in [2.24, 2.45) is 5.92 Å². The van der Waals surface area contributed by atoms with Crippen LogP contribution in [0.25, 0.3) is 0 Å². The zero-order chi connectivity index (χ0) is 34.6. The van der Waals surface area contributed by atoms with E-state index in [0.717, 1.165) is 27.8 Å². The number of alkyl carbamates (subject to hydrolysis) is 2. The number of rotatable bonds is 14. The second kappa shape index (κ2) is 17.2. The van der Waals surface area contributed by atoms with Gasteiger partial charge in [0.15, 0.2) is 5.78 Å². The van der Waals surface area contributed by atoms with Crippen molar-refractivity contribution in [3.63, 3.8) is 0 Å². The molecule has 0 unspecified atom stereocenters. The lowest BCUT2D eigenvalue weighted by atomic mass is 9.91. The number of hydrogen-bond acceptors (Lipinski definition) is 7. The maximum absolute atomic E-state index is 13.6. The second-order valence-electron chi connectivity index (χ2n) is 12.9. The number of Topliss-reactive ketones (excluding diaryl/α,β-unsaturated/α-hetero) is 1. The predicted molar refractivity (Wildman–Crippen MR) is 180 cm³/mol. The Bertz CT molecular complexity index is 1480. The molecule has 0 aliphatic heterocycles. The van der Waals surface area contributed by atoms with Crippen LogP contribution < -0.4 is 16.0 Å². The molecule has 0 saturated carbocycles. The molecule has 3 rings (SSSR count). The molecule has 3 amide bonds. The third-order valence-corrected chi connectivity index (χ3v) is 7.51. The maximum Gasteiger partial charge on any atom is 0.408 e. The van der Waals surface area contributed by atoms with E-state index >= 15 is 0 Å². The topological polar surface area (TPSA) is 143 Å². The molecule has 3 atom stereocenters. The van der Waals surface area contributed by atoms with Crippen LogP contribution in [-0.2, 0) is 38.5 Å². The van der Waals surface area contributed by atoms with Crippen molar-refractivity contribution in [3.8, 4) is 5.75 Å². The number of aryl methyl sites for hydroxylation is 2. The molecule has 10 nitrogen and oxygen atoms in total. The Labute approximate surface area is 277 Å². The summed E-state index contributed by atoms with van der Waals surface area (Å²) in [5.74, 6) is -1.32. The largest absolute Gasteiger partial charge is 0.508 e. The fourth-order valence-corrected chi connectivity index (χ4v) is 5.13. The van der Waals surface area contributed by atoms with Crippen LogP contribution >= 0.6 is 0 Å². The van der Waals surface area contributed by atoms with Crippen LogP contribution in [0.3, 0.4) is 0 Å². The van der Waals surface area contributed by atoms with Gasteiger partial charge < -0.3 is 30.5 Å². The first-order valence-corrected chi connectivity index (χ1v) is 15.8. The lowest BCUT2D eigenvalue weighted by Gasteiger charge is -2.25. The van der Waals surface area contributed by atoms with Gasteiger partial charge in [0.2, 0.25) is 5.91 Å². The molecule has 0 aliphatic rings. The fraction of sp³-hybridized carbons (Fsp3) is 0.405. The van der Waals surface area contributed by atoms with E-state index < -0.39 is 35.8 Å². The standard InChI is InChI=1S/C37H47N3O7/c1-24-17-30(41)18-25(2)31(24)21-32(40-36(45)47-37(4,5)6)33(42)19-26(3)34(43)38-22-29(20-27-13-9-7-10-14-27)39-35(44)46-23-28-15-11-8-12-16-28/h7-18,26,29,32,41H,19-23H2,1-6H3,(H,38,43)(H,39,44)(H,40,45)/t26-,29-,32-/m0/s1. The fourth-order valence-electron chi connectivity index (χ4n) is 5.13. The summed E-state index contributed by atoms with van der Waals surface area (Å²) in [6.45, 7) is 10.7. The minimum atomic E-state index is -0.964. The first-order chi connectivity index (χ1) is 22.2. The van der Waals surface area contributed by atoms with Crippen molar-refractivity contribution in [3.05, 3.63) is 101 Å². The van der Waals surface area contributed by atoms with Crippen molar-refractivity contribution >= 4 is 23.9 Å². The lowest BCUT2D eigenvalue weighted by Crippen LogP contribution is -2.47. The average molecular weight is 646 g/mol. The molecule has 252 valence electrons. The zero-order valence-corrected chi connectivity index (χ0v) is 28.1. The number of carbonyl (C=O) groups is 4. The van der Waals surface area contributed by atoms with Crippen molar-refractivity contribution in [2.75, 3.05) is 6.54 Å². The third kappa shape index (κ3) is 12.8. The van der Waals surface area contributed by atoms with E-state index in [9.17, 15) is 24.3 Å². The van der Waals surface area contributed by atoms with E-state index in [-0.39, 0.29) is 43.4 Å². The summed E-state index contributed by atoms with van der Waals surface area (Å²) in [6, 6.07) is 20.6. The van der Waals surface area contributed by atoms with E-state index in [0.29, 0.717) is 6.42 Å². The highest BCUT2D eigenvalue weighted by Crippen LogP contribution is 2.23. The summed E-state index contributed by atoms with van der Waals surface area (Å²) in [6.07, 6.45) is -0.877. The summed E-state index contributed by atoms with van der Waals surface area (Å²) in [5.41, 5.74) is 3.41. The zero-order valence-electron chi connectivity index (χ0n) is 28.1. The van der Waals surface area contributed by atoms with Crippen LogP contribution in [0.5, 0.6) is 5.75 Å². The van der Waals surface area contributed by atoms with Crippen LogP contribution in [0.1, 0.15) is 61.9 Å². The molecular weight excluding hydrogens is 598 g/mol. The highest BCUT2D eigenvalue weighted by atomic mass is 16.6. The summed E-state index contributed by atoms with van der Waals surface area (Å²) in [7, 11) is 0. The Balaban J connectivity index is 1.66. The summed E-state index contributed by atoms with van der Waals surface area (Å²) < 4.78 is 10.8. The number of ether oxygens (including phenoxy) is 2. The summed E-state index contributed by atoms with van der Waals surface area (Å²) >= 11 is 0. The van der Waals surface area contributed by atoms with Gasteiger partial charge in [-0.1, -0.05) is 67.6 Å². The van der Waals surface area contributed by atoms with E-state index in [4.69, 9.17) is 9.47 Å². The highest BCUT2D eigenvalue weighted by molar-refractivity contribution is 5.91. The van der Waals surface area contributed by atoms with Gasteiger partial charge in [-0.05, 0) is 81.0 Å². The van der Waals surface area contributed by atoms with Crippen LogP contribution in [0, 0.1) is 19.8 Å². The van der Waals surface area contributed by atoms with Gasteiger partial charge in [0.25, 0.3) is 0 Å². The van der Waals surface area contributed by atoms with Crippen molar-refractivity contribution in [1.82, 2.24) is 16.0 Å². The highest BCUT2D eigenvalue weighted by Gasteiger charge is 2.29. The first kappa shape index (κ1) is 36.6. The third-order valence-electron chi connectivity index (χ3n) is 7.51. The van der Waals surface area contributed by atoms with Gasteiger partial charge in [0.1, 0.15) is 18.0 Å². The van der Waals surface area contributed by atoms with Gasteiger partial charge in [-0.2, -0.15) is 0 Å². The van der Waals surface area contributed by atoms with Crippen LogP contribution in [0.4, 0.5) is 9.59 Å². The number of hydrogen-bond donors (Lipinski definition) is 4. The molecule has 3 aromatic carbocycles. The number of aromatic hydroxyl groups is 1. The minimum Gasteiger partial charge on any atom is -0.508 e. The quantitative estimate of drug-likeness (QED) is 0.176. The van der Waals surface area contributed by atoms with Crippen LogP contribution in [0.15, 0.2) is 72.8 Å². The van der Waals surface area contributed by atoms with Gasteiger partial charge in [-0.3, -0.25) is 9.59 Å². The van der Waals surface area contributed by atoms with Gasteiger partial charge in [-0.25, -0.2) is 9.59 Å². The maximum atomic E-state index is 13.6. The molecule has 0 heterocycles. The normalized spacial score (nSPS) is 13.1. The SMILES string of the molecule is Cc1cc(O)cc(C)c1C[C@H](NC(=O)OC(C)(C)C)C(=O)C[C@H](C)C(=O)NC[C@H](Cc1ccccc1)NC(=O)OCc1ccccc1. The monoisotopic (exact) mass is 645 g/mol. The Kier molecular flexibility index (Phi) is 13.4. The second-order valence-corrected chi connectivity index (χ2v) is 12.9. The van der Waals surface area contributed by atoms with E-state index in [1.54, 1.807) is 39.8 Å². The van der Waals surface area contributed by atoms with E-state index in [1.165, 1.54) is 0 Å². The number of ketones is 1. The average Bonchev–Trinajstić information content (AvgIpc) is 2.99. The van der Waals surface area contributed by atoms with E-state index in [1.807, 2.05) is 74.5 Å². The van der Waals surface area contributed by atoms with Crippen LogP contribution in [-0.4, -0.2) is 53.2 Å². The molecule has 0 radical (unpaired) electrons. The van der Waals surface area contributed by atoms with Crippen molar-refractivity contribution in [2.45, 2.75) is 85.1 Å². The molecule has 4 N–H and O–H groups in total. The van der Waals surface area contributed by atoms with E-state index in [2.05, 4.69) is 16.0 Å². The Hall–Kier alpha value is -4.86. The molecule has 47 heavy (non-hydrogen) atoms. The van der Waals surface area contributed by atoms with Gasteiger partial charge in [0.05, 0.1) is 12.1 Å². The molecule has 0 aromatic heterocycles. The molecular formula is C37H47N3O7. The number of benzene rings is 3. The van der Waals surface area contributed by atoms with Crippen molar-refractivity contribution < 1.29 is 33.8 Å². The number of carbonyl (C=O) groups excluding carboxylic acids is 4. The lowest BCUT2D eigenvalue weighted by molar-refractivity contribution is -0.129. The Morgan fingerprint density at radius 3 is 1.96 bits per heavy atom. The Morgan fingerprint density at radius 1 is 0.809 bits per heavy atom. The smallest absolute Gasteiger partial charge is 0.408 e. The van der Waals surface area contributed by atoms with Gasteiger partial charge in [-0.15, -0.1) is 0 Å². The molecule has 0 bridgehead atoms. The molecule has 0 saturated heterocycles. The molecule has 0 spiro atoms. The number of amides is 3. The van der Waals surface area contributed by atoms with Gasteiger partial charge in [0, 0.05) is 25.3 Å². The molecule has 0 fully saturated rings. The molecule has 10 heteroatoms. The summed E-state index contributed by atoms with van der Waals surface area (Å²) in [4.78, 5) is 52.2. The van der Waals surface area contributed by atoms with Gasteiger partial charge >= 0.3 is 12.2 Å². The first-order valence-electron chi connectivity index (χ1n) is 15.8.